The third-order valence-corrected chi connectivity index (χ3v) is 4.94. The largest absolute Gasteiger partial charge is 0.480 e. The number of likely N-dealkylation sites (tertiary alicyclic amines) is 1. The molecule has 0 radical (unpaired) electrons. The number of carbonyl (C=O) groups is 2. The fourth-order valence-electron chi connectivity index (χ4n) is 3.34. The highest BCUT2D eigenvalue weighted by molar-refractivity contribution is 5.89. The van der Waals surface area contributed by atoms with Gasteiger partial charge in [0.15, 0.2) is 0 Å². The number of hydrogen-bond donors (Lipinski definition) is 2. The number of rotatable bonds is 2. The average molecular weight is 268 g/mol. The van der Waals surface area contributed by atoms with Crippen molar-refractivity contribution >= 4 is 11.9 Å². The smallest absolute Gasteiger partial charge is 0.326 e. The van der Waals surface area contributed by atoms with E-state index >= 15 is 0 Å². The lowest BCUT2D eigenvalue weighted by Gasteiger charge is -2.34. The lowest BCUT2D eigenvalue weighted by Crippen LogP contribution is -2.55. The minimum atomic E-state index is -0.910. The van der Waals surface area contributed by atoms with Crippen molar-refractivity contribution in [1.82, 2.24) is 4.90 Å². The van der Waals surface area contributed by atoms with Crippen molar-refractivity contribution in [2.75, 3.05) is 6.54 Å². The number of carboxylic acid groups (broad SMARTS) is 1. The molecule has 0 bridgehead atoms. The summed E-state index contributed by atoms with van der Waals surface area (Å²) in [6, 6.07) is -1.36. The molecule has 2 aliphatic rings. The number of nitrogens with zero attached hydrogens (tertiary/aromatic N) is 1. The quantitative estimate of drug-likeness (QED) is 0.780. The van der Waals surface area contributed by atoms with E-state index in [1.54, 1.807) is 0 Å². The third kappa shape index (κ3) is 2.04. The molecule has 1 heterocycles. The summed E-state index contributed by atoms with van der Waals surface area (Å²) in [7, 11) is 0. The molecule has 1 aliphatic carbocycles. The second-order valence-corrected chi connectivity index (χ2v) is 7.57. The number of aliphatic carboxylic acids is 1. The number of amides is 1. The van der Waals surface area contributed by atoms with Crippen LogP contribution in [0.2, 0.25) is 0 Å². The third-order valence-electron chi connectivity index (χ3n) is 4.94. The first-order chi connectivity index (χ1) is 8.49. The highest BCUT2D eigenvalue weighted by Crippen LogP contribution is 2.64. The van der Waals surface area contributed by atoms with Gasteiger partial charge in [0.25, 0.3) is 0 Å². The molecule has 1 amide bonds. The van der Waals surface area contributed by atoms with Crippen molar-refractivity contribution in [3.8, 4) is 0 Å². The number of nitrogens with two attached hydrogens (primary N) is 1. The van der Waals surface area contributed by atoms with E-state index in [2.05, 4.69) is 13.8 Å². The van der Waals surface area contributed by atoms with Gasteiger partial charge in [0, 0.05) is 12.5 Å². The lowest BCUT2D eigenvalue weighted by molar-refractivity contribution is -0.151. The topological polar surface area (TPSA) is 83.6 Å². The zero-order chi connectivity index (χ0) is 14.7. The molecule has 0 aromatic heterocycles. The highest BCUT2D eigenvalue weighted by atomic mass is 16.4. The molecule has 1 saturated carbocycles. The maximum absolute atomic E-state index is 12.4. The Kier molecular flexibility index (Phi) is 2.97. The van der Waals surface area contributed by atoms with Gasteiger partial charge in [0.05, 0.1) is 6.04 Å². The molecule has 0 unspecified atom stereocenters. The second-order valence-electron chi connectivity index (χ2n) is 7.57. The van der Waals surface area contributed by atoms with E-state index < -0.39 is 18.1 Å². The van der Waals surface area contributed by atoms with Crippen LogP contribution in [0.5, 0.6) is 0 Å². The Labute approximate surface area is 114 Å². The van der Waals surface area contributed by atoms with Crippen molar-refractivity contribution in [1.29, 1.82) is 0 Å². The normalized spacial score (nSPS) is 33.8. The van der Waals surface area contributed by atoms with Crippen LogP contribution in [0, 0.1) is 22.7 Å². The first kappa shape index (κ1) is 14.3. The maximum Gasteiger partial charge on any atom is 0.326 e. The molecular weight excluding hydrogens is 244 g/mol. The number of fused-ring (bicyclic) bond motifs is 1. The Balaban J connectivity index is 2.19. The summed E-state index contributed by atoms with van der Waals surface area (Å²) in [6.45, 7) is 10.4. The van der Waals surface area contributed by atoms with Crippen LogP contribution in [0.4, 0.5) is 0 Å². The molecule has 2 fully saturated rings. The van der Waals surface area contributed by atoms with Gasteiger partial charge < -0.3 is 15.7 Å². The molecule has 5 nitrogen and oxygen atoms in total. The second kappa shape index (κ2) is 3.95. The molecule has 1 aliphatic heterocycles. The van der Waals surface area contributed by atoms with Crippen molar-refractivity contribution in [2.45, 2.75) is 46.7 Å². The Bertz CT molecular complexity index is 425. The summed E-state index contributed by atoms with van der Waals surface area (Å²) >= 11 is 0. The van der Waals surface area contributed by atoms with E-state index in [0.29, 0.717) is 12.5 Å². The van der Waals surface area contributed by atoms with Crippen LogP contribution in [0.25, 0.3) is 0 Å². The van der Waals surface area contributed by atoms with Crippen LogP contribution in [-0.4, -0.2) is 40.5 Å². The number of carbonyl (C=O) groups excluding carboxylic acids is 1. The molecule has 0 spiro atoms. The van der Waals surface area contributed by atoms with E-state index in [4.69, 9.17) is 5.73 Å². The number of carboxylic acids is 1. The number of piperidine rings is 1. The fourth-order valence-corrected chi connectivity index (χ4v) is 3.34. The van der Waals surface area contributed by atoms with Crippen LogP contribution < -0.4 is 5.73 Å². The van der Waals surface area contributed by atoms with Crippen LogP contribution >= 0.6 is 0 Å². The minimum absolute atomic E-state index is 0.0334. The SMILES string of the molecule is CC(C)(C)[C@H](N)C(=O)N1C[C@@H]2[C@H]([C@@H]1C(=O)O)C2(C)C. The Morgan fingerprint density at radius 1 is 1.37 bits per heavy atom. The van der Waals surface area contributed by atoms with Gasteiger partial charge in [-0.15, -0.1) is 0 Å². The Morgan fingerprint density at radius 2 is 1.89 bits per heavy atom. The molecular formula is C14H24N2O3. The molecule has 0 aromatic rings. The molecule has 1 saturated heterocycles. The van der Waals surface area contributed by atoms with Gasteiger partial charge in [-0.25, -0.2) is 4.79 Å². The van der Waals surface area contributed by atoms with Crippen LogP contribution in [0.1, 0.15) is 34.6 Å². The van der Waals surface area contributed by atoms with E-state index in [-0.39, 0.29) is 22.7 Å². The van der Waals surface area contributed by atoms with E-state index in [1.165, 1.54) is 4.90 Å². The first-order valence-corrected chi connectivity index (χ1v) is 6.78. The standard InChI is InChI=1S/C14H24N2O3/c1-13(2,3)10(15)11(17)16-6-7-8(14(7,4)5)9(16)12(18)19/h7-10H,6,15H2,1-5H3,(H,18,19)/t7-,8-,9-,10-/m1/s1. The van der Waals surface area contributed by atoms with Gasteiger partial charge in [-0.05, 0) is 16.7 Å². The predicted molar refractivity (Wildman–Crippen MR) is 71.3 cm³/mol. The van der Waals surface area contributed by atoms with E-state index in [9.17, 15) is 14.7 Å². The van der Waals surface area contributed by atoms with Gasteiger partial charge >= 0.3 is 5.97 Å². The van der Waals surface area contributed by atoms with Crippen molar-refractivity contribution in [3.63, 3.8) is 0 Å². The summed E-state index contributed by atoms with van der Waals surface area (Å²) in [5, 5.41) is 9.41. The monoisotopic (exact) mass is 268 g/mol. The Morgan fingerprint density at radius 3 is 2.32 bits per heavy atom. The molecule has 2 rings (SSSR count). The zero-order valence-corrected chi connectivity index (χ0v) is 12.3. The Hall–Kier alpha value is -1.10. The van der Waals surface area contributed by atoms with Gasteiger partial charge in [-0.3, -0.25) is 4.79 Å². The minimum Gasteiger partial charge on any atom is -0.480 e. The summed E-state index contributed by atoms with van der Waals surface area (Å²) in [6.07, 6.45) is 0. The van der Waals surface area contributed by atoms with Crippen molar-refractivity contribution in [3.05, 3.63) is 0 Å². The van der Waals surface area contributed by atoms with Gasteiger partial charge in [-0.2, -0.15) is 0 Å². The van der Waals surface area contributed by atoms with Crippen LogP contribution in [0.3, 0.4) is 0 Å². The van der Waals surface area contributed by atoms with E-state index in [0.717, 1.165) is 0 Å². The summed E-state index contributed by atoms with van der Waals surface area (Å²) in [5.74, 6) is -0.777. The predicted octanol–water partition coefficient (Wildman–Crippen LogP) is 0.927. The van der Waals surface area contributed by atoms with Gasteiger partial charge in [0.2, 0.25) is 5.91 Å². The average Bonchev–Trinajstić information content (AvgIpc) is 2.65. The van der Waals surface area contributed by atoms with E-state index in [1.807, 2.05) is 20.8 Å². The number of hydrogen-bond acceptors (Lipinski definition) is 3. The summed E-state index contributed by atoms with van der Waals surface area (Å²) < 4.78 is 0. The maximum atomic E-state index is 12.4. The molecule has 5 heteroatoms. The molecule has 4 atom stereocenters. The first-order valence-electron chi connectivity index (χ1n) is 6.78. The van der Waals surface area contributed by atoms with Crippen LogP contribution in [0.15, 0.2) is 0 Å². The van der Waals surface area contributed by atoms with Crippen LogP contribution in [-0.2, 0) is 9.59 Å². The van der Waals surface area contributed by atoms with Crippen molar-refractivity contribution in [2.24, 2.45) is 28.4 Å². The molecule has 0 aromatic carbocycles. The fraction of sp³-hybridized carbons (Fsp3) is 0.857. The van der Waals surface area contributed by atoms with Gasteiger partial charge in [-0.1, -0.05) is 34.6 Å². The van der Waals surface area contributed by atoms with Gasteiger partial charge in [0.1, 0.15) is 6.04 Å². The summed E-state index contributed by atoms with van der Waals surface area (Å²) in [5.41, 5.74) is 5.65. The molecule has 108 valence electrons. The molecule has 3 N–H and O–H groups in total. The zero-order valence-electron chi connectivity index (χ0n) is 12.3. The lowest BCUT2D eigenvalue weighted by atomic mass is 9.86. The molecule has 19 heavy (non-hydrogen) atoms. The highest BCUT2D eigenvalue weighted by Gasteiger charge is 2.69. The van der Waals surface area contributed by atoms with Crippen molar-refractivity contribution < 1.29 is 14.7 Å². The summed E-state index contributed by atoms with van der Waals surface area (Å²) in [4.78, 5) is 25.4.